The highest BCUT2D eigenvalue weighted by Crippen LogP contribution is 2.35. The molecule has 0 radical (unpaired) electrons. The smallest absolute Gasteiger partial charge is 0.412 e. The lowest BCUT2D eigenvalue weighted by Crippen LogP contribution is -2.27. The van der Waals surface area contributed by atoms with E-state index in [4.69, 9.17) is 9.47 Å². The van der Waals surface area contributed by atoms with Gasteiger partial charge >= 0.3 is 6.09 Å². The zero-order valence-electron chi connectivity index (χ0n) is 18.4. The number of carbonyl (C=O) groups is 2. The van der Waals surface area contributed by atoms with Gasteiger partial charge in [-0.1, -0.05) is 6.58 Å². The maximum absolute atomic E-state index is 12.3. The van der Waals surface area contributed by atoms with E-state index in [1.807, 2.05) is 41.9 Å². The molecule has 2 aromatic rings. The topological polar surface area (TPSA) is 84.8 Å². The van der Waals surface area contributed by atoms with Gasteiger partial charge in [0.2, 0.25) is 5.91 Å². The maximum Gasteiger partial charge on any atom is 0.412 e. The first kappa shape index (κ1) is 23.0. The molecule has 1 heterocycles. The molecule has 162 valence electrons. The Balaban J connectivity index is 2.54. The second-order valence-electron chi connectivity index (χ2n) is 8.00. The summed E-state index contributed by atoms with van der Waals surface area (Å²) in [7, 11) is 5.47. The number of nitrogens with one attached hydrogen (secondary N) is 2. The number of rotatable bonds is 7. The molecule has 0 aliphatic rings. The van der Waals surface area contributed by atoms with Crippen molar-refractivity contribution in [3.05, 3.63) is 48.8 Å². The Morgan fingerprint density at radius 2 is 1.90 bits per heavy atom. The van der Waals surface area contributed by atoms with Crippen LogP contribution in [0.5, 0.6) is 5.75 Å². The molecule has 1 aromatic heterocycles. The van der Waals surface area contributed by atoms with Crippen LogP contribution in [0.1, 0.15) is 26.5 Å². The van der Waals surface area contributed by atoms with Crippen LogP contribution in [0.25, 0.3) is 5.69 Å². The van der Waals surface area contributed by atoms with Crippen molar-refractivity contribution >= 4 is 23.4 Å². The molecule has 0 aliphatic carbocycles. The molecule has 0 aliphatic heterocycles. The second kappa shape index (κ2) is 9.49. The minimum absolute atomic E-state index is 0.369. The third-order valence-electron chi connectivity index (χ3n) is 3.97. The van der Waals surface area contributed by atoms with Gasteiger partial charge in [0.25, 0.3) is 0 Å². The monoisotopic (exact) mass is 414 g/mol. The van der Waals surface area contributed by atoms with Gasteiger partial charge in [0.1, 0.15) is 11.4 Å². The number of aromatic nitrogens is 1. The molecule has 2 rings (SSSR count). The van der Waals surface area contributed by atoms with Crippen LogP contribution in [0, 0.1) is 0 Å². The van der Waals surface area contributed by atoms with Gasteiger partial charge in [-0.3, -0.25) is 10.1 Å². The van der Waals surface area contributed by atoms with E-state index < -0.39 is 11.7 Å². The SMILES string of the molecule is C=CC(=O)Nc1cc(NC(=O)OC(C)(C)C)c(OC)cc1-n1cccc1CN(C)C. The minimum atomic E-state index is -0.649. The van der Waals surface area contributed by atoms with Crippen molar-refractivity contribution in [3.63, 3.8) is 0 Å². The summed E-state index contributed by atoms with van der Waals surface area (Å²) in [5.74, 6) is 0.0583. The van der Waals surface area contributed by atoms with Crippen molar-refractivity contribution in [2.75, 3.05) is 31.8 Å². The fourth-order valence-electron chi connectivity index (χ4n) is 2.84. The Morgan fingerprint density at radius 3 is 2.47 bits per heavy atom. The normalized spacial score (nSPS) is 11.2. The van der Waals surface area contributed by atoms with Crippen LogP contribution in [-0.4, -0.2) is 48.3 Å². The molecule has 8 nitrogen and oxygen atoms in total. The summed E-state index contributed by atoms with van der Waals surface area (Å²) in [4.78, 5) is 26.4. The average Bonchev–Trinajstić information content (AvgIpc) is 3.07. The highest BCUT2D eigenvalue weighted by molar-refractivity contribution is 6.01. The Kier molecular flexibility index (Phi) is 7.28. The summed E-state index contributed by atoms with van der Waals surface area (Å²) in [6.45, 7) is 9.54. The van der Waals surface area contributed by atoms with Gasteiger partial charge in [-0.2, -0.15) is 0 Å². The molecule has 30 heavy (non-hydrogen) atoms. The van der Waals surface area contributed by atoms with Crippen molar-refractivity contribution in [2.45, 2.75) is 32.9 Å². The van der Waals surface area contributed by atoms with E-state index >= 15 is 0 Å². The Bertz CT molecular complexity index is 926. The highest BCUT2D eigenvalue weighted by atomic mass is 16.6. The molecular formula is C22H30N4O4. The number of benzene rings is 1. The molecule has 8 heteroatoms. The van der Waals surface area contributed by atoms with E-state index in [0.717, 1.165) is 5.69 Å². The number of methoxy groups -OCH3 is 1. The first-order chi connectivity index (χ1) is 14.0. The standard InChI is InChI=1S/C22H30N4O4/c1-8-20(27)23-16-12-17(24-21(28)30-22(2,3)4)19(29-7)13-18(16)26-11-9-10-15(26)14-25(5)6/h8-13H,1,14H2,2-7H3,(H,23,27)(H,24,28). The predicted molar refractivity (Wildman–Crippen MR) is 118 cm³/mol. The van der Waals surface area contributed by atoms with Crippen molar-refractivity contribution in [1.29, 1.82) is 0 Å². The number of carbonyl (C=O) groups excluding carboxylic acids is 2. The number of anilines is 2. The highest BCUT2D eigenvalue weighted by Gasteiger charge is 2.20. The van der Waals surface area contributed by atoms with Gasteiger partial charge < -0.3 is 24.3 Å². The zero-order chi connectivity index (χ0) is 22.5. The number of ether oxygens (including phenoxy) is 2. The summed E-state index contributed by atoms with van der Waals surface area (Å²) in [5, 5.41) is 5.49. The zero-order valence-corrected chi connectivity index (χ0v) is 18.4. The van der Waals surface area contributed by atoms with Crippen molar-refractivity contribution in [3.8, 4) is 11.4 Å². The van der Waals surface area contributed by atoms with Gasteiger partial charge in [-0.05, 0) is 59.1 Å². The molecule has 2 amide bonds. The van der Waals surface area contributed by atoms with Crippen molar-refractivity contribution in [2.24, 2.45) is 0 Å². The Morgan fingerprint density at radius 1 is 1.20 bits per heavy atom. The third kappa shape index (κ3) is 6.12. The molecule has 1 aromatic carbocycles. The largest absolute Gasteiger partial charge is 0.494 e. The molecular weight excluding hydrogens is 384 g/mol. The maximum atomic E-state index is 12.3. The van der Waals surface area contributed by atoms with Crippen LogP contribution in [0.3, 0.4) is 0 Å². The number of hydrogen-bond donors (Lipinski definition) is 2. The van der Waals surface area contributed by atoms with Gasteiger partial charge in [-0.25, -0.2) is 4.79 Å². The summed E-state index contributed by atoms with van der Waals surface area (Å²) >= 11 is 0. The van der Waals surface area contributed by atoms with Crippen LogP contribution in [-0.2, 0) is 16.1 Å². The second-order valence-corrected chi connectivity index (χ2v) is 8.00. The van der Waals surface area contributed by atoms with E-state index in [1.165, 1.54) is 13.2 Å². The van der Waals surface area contributed by atoms with Crippen LogP contribution in [0.4, 0.5) is 16.2 Å². The number of amides is 2. The predicted octanol–water partition coefficient (Wildman–Crippen LogP) is 4.02. The lowest BCUT2D eigenvalue weighted by Gasteiger charge is -2.22. The molecule has 0 bridgehead atoms. The lowest BCUT2D eigenvalue weighted by molar-refractivity contribution is -0.111. The number of nitrogens with zero attached hydrogens (tertiary/aromatic N) is 2. The summed E-state index contributed by atoms with van der Waals surface area (Å²) in [6.07, 6.45) is 2.47. The molecule has 0 fully saturated rings. The summed E-state index contributed by atoms with van der Waals surface area (Å²) < 4.78 is 12.8. The molecule has 0 atom stereocenters. The van der Waals surface area contributed by atoms with Crippen LogP contribution in [0.2, 0.25) is 0 Å². The first-order valence-electron chi connectivity index (χ1n) is 9.51. The quantitative estimate of drug-likeness (QED) is 0.669. The molecule has 0 saturated heterocycles. The van der Waals surface area contributed by atoms with E-state index in [2.05, 4.69) is 17.2 Å². The number of hydrogen-bond acceptors (Lipinski definition) is 5. The van der Waals surface area contributed by atoms with Crippen LogP contribution < -0.4 is 15.4 Å². The van der Waals surface area contributed by atoms with E-state index in [1.54, 1.807) is 32.9 Å². The van der Waals surface area contributed by atoms with E-state index in [9.17, 15) is 9.59 Å². The molecule has 0 unspecified atom stereocenters. The van der Waals surface area contributed by atoms with Gasteiger partial charge in [0.05, 0.1) is 24.2 Å². The Labute approximate surface area is 177 Å². The Hall–Kier alpha value is -3.26. The van der Waals surface area contributed by atoms with Gasteiger partial charge in [-0.15, -0.1) is 0 Å². The fourth-order valence-corrected chi connectivity index (χ4v) is 2.84. The summed E-state index contributed by atoms with van der Waals surface area (Å²) in [5.41, 5.74) is 1.92. The van der Waals surface area contributed by atoms with Gasteiger partial charge in [0, 0.05) is 24.5 Å². The van der Waals surface area contributed by atoms with Crippen molar-refractivity contribution < 1.29 is 19.1 Å². The van der Waals surface area contributed by atoms with Crippen LogP contribution >= 0.6 is 0 Å². The van der Waals surface area contributed by atoms with Crippen molar-refractivity contribution in [1.82, 2.24) is 9.47 Å². The summed E-state index contributed by atoms with van der Waals surface area (Å²) in [6, 6.07) is 7.32. The third-order valence-corrected chi connectivity index (χ3v) is 3.97. The van der Waals surface area contributed by atoms with E-state index in [0.29, 0.717) is 29.4 Å². The van der Waals surface area contributed by atoms with Crippen LogP contribution in [0.15, 0.2) is 43.1 Å². The average molecular weight is 415 g/mol. The minimum Gasteiger partial charge on any atom is -0.494 e. The molecule has 2 N–H and O–H groups in total. The fraction of sp³-hybridized carbons (Fsp3) is 0.364. The van der Waals surface area contributed by atoms with Gasteiger partial charge in [0.15, 0.2) is 0 Å². The molecule has 0 saturated carbocycles. The first-order valence-corrected chi connectivity index (χ1v) is 9.51. The molecule has 0 spiro atoms. The lowest BCUT2D eigenvalue weighted by atomic mass is 10.2. The van der Waals surface area contributed by atoms with E-state index in [-0.39, 0.29) is 5.91 Å².